The van der Waals surface area contributed by atoms with Gasteiger partial charge in [-0.15, -0.1) is 0 Å². The van der Waals surface area contributed by atoms with Crippen molar-refractivity contribution in [1.29, 1.82) is 0 Å². The standard InChI is InChI=1S/C10H14N2O/c1-10(2)4-7-6-11-12(3)9(7)8(13)5-10/h6H,4-5H2,1-3H3. The van der Waals surface area contributed by atoms with E-state index in [1.165, 1.54) is 0 Å². The van der Waals surface area contributed by atoms with Gasteiger partial charge in [-0.05, 0) is 11.8 Å². The van der Waals surface area contributed by atoms with Crippen LogP contribution in [0, 0.1) is 5.41 Å². The summed E-state index contributed by atoms with van der Waals surface area (Å²) in [6.07, 6.45) is 3.41. The van der Waals surface area contributed by atoms with E-state index in [1.54, 1.807) is 4.68 Å². The van der Waals surface area contributed by atoms with Gasteiger partial charge in [0.2, 0.25) is 0 Å². The number of carbonyl (C=O) groups excluding carboxylic acids is 1. The average molecular weight is 178 g/mol. The summed E-state index contributed by atoms with van der Waals surface area (Å²) in [5.41, 5.74) is 2.01. The average Bonchev–Trinajstić information content (AvgIpc) is 2.28. The van der Waals surface area contributed by atoms with Gasteiger partial charge in [0.15, 0.2) is 5.78 Å². The summed E-state index contributed by atoms with van der Waals surface area (Å²) >= 11 is 0. The van der Waals surface area contributed by atoms with E-state index in [0.717, 1.165) is 17.7 Å². The molecular weight excluding hydrogens is 164 g/mol. The van der Waals surface area contributed by atoms with E-state index in [0.29, 0.717) is 6.42 Å². The molecule has 0 spiro atoms. The Morgan fingerprint density at radius 2 is 2.15 bits per heavy atom. The van der Waals surface area contributed by atoms with Crippen molar-refractivity contribution in [2.45, 2.75) is 26.7 Å². The Bertz CT molecular complexity index is 363. The second-order valence-electron chi connectivity index (χ2n) is 4.58. The minimum atomic E-state index is 0.104. The van der Waals surface area contributed by atoms with Crippen LogP contribution in [0.3, 0.4) is 0 Å². The number of nitrogens with zero attached hydrogens (tertiary/aromatic N) is 2. The molecule has 0 fully saturated rings. The maximum atomic E-state index is 11.7. The summed E-state index contributed by atoms with van der Waals surface area (Å²) in [5, 5.41) is 4.11. The molecule has 0 aromatic carbocycles. The van der Waals surface area contributed by atoms with Gasteiger partial charge in [0.05, 0.1) is 6.20 Å². The first-order chi connectivity index (χ1) is 5.99. The largest absolute Gasteiger partial charge is 0.292 e. The molecule has 0 amide bonds. The van der Waals surface area contributed by atoms with Gasteiger partial charge in [0.1, 0.15) is 5.69 Å². The van der Waals surface area contributed by atoms with Gasteiger partial charge in [0.25, 0.3) is 0 Å². The topological polar surface area (TPSA) is 34.9 Å². The fraction of sp³-hybridized carbons (Fsp3) is 0.600. The third-order valence-electron chi connectivity index (χ3n) is 2.59. The van der Waals surface area contributed by atoms with Crippen molar-refractivity contribution in [2.24, 2.45) is 12.5 Å². The summed E-state index contributed by atoms with van der Waals surface area (Å²) in [7, 11) is 1.83. The Hall–Kier alpha value is -1.12. The van der Waals surface area contributed by atoms with E-state index in [1.807, 2.05) is 13.2 Å². The zero-order valence-electron chi connectivity index (χ0n) is 8.29. The van der Waals surface area contributed by atoms with Crippen LogP contribution in [0.15, 0.2) is 6.20 Å². The molecule has 13 heavy (non-hydrogen) atoms. The molecule has 0 atom stereocenters. The third kappa shape index (κ3) is 1.28. The summed E-state index contributed by atoms with van der Waals surface area (Å²) in [4.78, 5) is 11.7. The van der Waals surface area contributed by atoms with Gasteiger partial charge < -0.3 is 0 Å². The molecule has 3 heteroatoms. The molecule has 70 valence electrons. The molecule has 0 radical (unpaired) electrons. The predicted molar refractivity (Wildman–Crippen MR) is 49.6 cm³/mol. The summed E-state index contributed by atoms with van der Waals surface area (Å²) < 4.78 is 1.69. The highest BCUT2D eigenvalue weighted by atomic mass is 16.1. The van der Waals surface area contributed by atoms with Gasteiger partial charge >= 0.3 is 0 Å². The molecule has 0 unspecified atom stereocenters. The van der Waals surface area contributed by atoms with E-state index < -0.39 is 0 Å². The van der Waals surface area contributed by atoms with Gasteiger partial charge in [-0.1, -0.05) is 13.8 Å². The van der Waals surface area contributed by atoms with Gasteiger partial charge in [-0.3, -0.25) is 9.48 Å². The van der Waals surface area contributed by atoms with Crippen molar-refractivity contribution in [3.8, 4) is 0 Å². The van der Waals surface area contributed by atoms with E-state index in [4.69, 9.17) is 0 Å². The first-order valence-corrected chi connectivity index (χ1v) is 4.54. The number of fused-ring (bicyclic) bond motifs is 1. The molecule has 3 nitrogen and oxygen atoms in total. The number of ketones is 1. The molecule has 1 aliphatic rings. The predicted octanol–water partition coefficient (Wildman–Crippen LogP) is 1.58. The first kappa shape index (κ1) is 8.48. The van der Waals surface area contributed by atoms with E-state index in [9.17, 15) is 4.79 Å². The molecule has 0 bridgehead atoms. The van der Waals surface area contributed by atoms with Crippen molar-refractivity contribution in [3.63, 3.8) is 0 Å². The summed E-state index contributed by atoms with van der Waals surface area (Å²) in [6.45, 7) is 4.25. The number of rotatable bonds is 0. The van der Waals surface area contributed by atoms with Crippen molar-refractivity contribution in [2.75, 3.05) is 0 Å². The highest BCUT2D eigenvalue weighted by molar-refractivity contribution is 5.97. The van der Waals surface area contributed by atoms with Crippen LogP contribution in [-0.4, -0.2) is 15.6 Å². The quantitative estimate of drug-likeness (QED) is 0.604. The molecular formula is C10H14N2O. The second-order valence-corrected chi connectivity index (χ2v) is 4.58. The lowest BCUT2D eigenvalue weighted by Crippen LogP contribution is -2.27. The molecule has 1 aromatic heterocycles. The maximum absolute atomic E-state index is 11.7. The monoisotopic (exact) mass is 178 g/mol. The summed E-state index contributed by atoms with van der Waals surface area (Å²) in [6, 6.07) is 0. The van der Waals surface area contributed by atoms with Crippen LogP contribution in [0.1, 0.15) is 36.3 Å². The number of carbonyl (C=O) groups is 1. The SMILES string of the molecule is Cn1ncc2c1C(=O)CC(C)(C)C2. The van der Waals surface area contributed by atoms with Crippen LogP contribution < -0.4 is 0 Å². The molecule has 1 aliphatic carbocycles. The molecule has 0 saturated carbocycles. The van der Waals surface area contributed by atoms with Crippen LogP contribution >= 0.6 is 0 Å². The summed E-state index contributed by atoms with van der Waals surface area (Å²) in [5.74, 6) is 0.228. The molecule has 0 saturated heterocycles. The Labute approximate surface area is 77.7 Å². The lowest BCUT2D eigenvalue weighted by atomic mass is 9.76. The number of aromatic nitrogens is 2. The van der Waals surface area contributed by atoms with Gasteiger partial charge in [-0.2, -0.15) is 5.10 Å². The fourth-order valence-electron chi connectivity index (χ4n) is 2.07. The minimum Gasteiger partial charge on any atom is -0.292 e. The van der Waals surface area contributed by atoms with Crippen molar-refractivity contribution >= 4 is 5.78 Å². The van der Waals surface area contributed by atoms with Crippen LogP contribution in [0.2, 0.25) is 0 Å². The van der Waals surface area contributed by atoms with Gasteiger partial charge in [0, 0.05) is 19.0 Å². The van der Waals surface area contributed by atoms with E-state index in [-0.39, 0.29) is 11.2 Å². The second kappa shape index (κ2) is 2.44. The molecule has 1 aromatic rings. The number of hydrogen-bond acceptors (Lipinski definition) is 2. The normalized spacial score (nSPS) is 20.1. The number of hydrogen-bond donors (Lipinski definition) is 0. The third-order valence-corrected chi connectivity index (χ3v) is 2.59. The molecule has 1 heterocycles. The molecule has 2 rings (SSSR count). The van der Waals surface area contributed by atoms with E-state index >= 15 is 0 Å². The zero-order chi connectivity index (χ0) is 9.64. The zero-order valence-corrected chi connectivity index (χ0v) is 8.29. The Kier molecular flexibility index (Phi) is 1.59. The minimum absolute atomic E-state index is 0.104. The lowest BCUT2D eigenvalue weighted by Gasteiger charge is -2.28. The molecule has 0 aliphatic heterocycles. The molecule has 0 N–H and O–H groups in total. The maximum Gasteiger partial charge on any atom is 0.181 e. The fourth-order valence-corrected chi connectivity index (χ4v) is 2.07. The lowest BCUT2D eigenvalue weighted by molar-refractivity contribution is 0.0902. The Balaban J connectivity index is 2.51. The van der Waals surface area contributed by atoms with Crippen molar-refractivity contribution in [1.82, 2.24) is 9.78 Å². The Morgan fingerprint density at radius 1 is 1.46 bits per heavy atom. The Morgan fingerprint density at radius 3 is 2.85 bits per heavy atom. The van der Waals surface area contributed by atoms with E-state index in [2.05, 4.69) is 18.9 Å². The van der Waals surface area contributed by atoms with Crippen LogP contribution in [0.4, 0.5) is 0 Å². The number of Topliss-reactive ketones (excluding diaryl/α,β-unsaturated/α-hetero) is 1. The van der Waals surface area contributed by atoms with Gasteiger partial charge in [-0.25, -0.2) is 0 Å². The number of aryl methyl sites for hydroxylation is 1. The van der Waals surface area contributed by atoms with Crippen molar-refractivity contribution < 1.29 is 4.79 Å². The van der Waals surface area contributed by atoms with Crippen LogP contribution in [0.5, 0.6) is 0 Å². The highest BCUT2D eigenvalue weighted by Gasteiger charge is 2.33. The van der Waals surface area contributed by atoms with Crippen LogP contribution in [0.25, 0.3) is 0 Å². The van der Waals surface area contributed by atoms with Crippen molar-refractivity contribution in [3.05, 3.63) is 17.5 Å². The smallest absolute Gasteiger partial charge is 0.181 e. The first-order valence-electron chi connectivity index (χ1n) is 4.54. The highest BCUT2D eigenvalue weighted by Crippen LogP contribution is 2.33. The van der Waals surface area contributed by atoms with Crippen LogP contribution in [-0.2, 0) is 13.5 Å².